The maximum Gasteiger partial charge on any atom is 0.252 e. The first-order valence-corrected chi connectivity index (χ1v) is 11.2. The highest BCUT2D eigenvalue weighted by atomic mass is 32.2. The number of aromatic amines is 1. The smallest absolute Gasteiger partial charge is 0.252 e. The van der Waals surface area contributed by atoms with Crippen molar-refractivity contribution in [3.63, 3.8) is 0 Å². The van der Waals surface area contributed by atoms with Crippen molar-refractivity contribution in [3.05, 3.63) is 102 Å². The summed E-state index contributed by atoms with van der Waals surface area (Å²) in [5.74, 6) is 0.666. The second-order valence-electron chi connectivity index (χ2n) is 7.35. The zero-order valence-corrected chi connectivity index (χ0v) is 17.7. The lowest BCUT2D eigenvalue weighted by atomic mass is 10.1. The average Bonchev–Trinajstić information content (AvgIpc) is 3.42. The summed E-state index contributed by atoms with van der Waals surface area (Å²) < 4.78 is 2.01. The molecule has 0 saturated heterocycles. The van der Waals surface area contributed by atoms with Crippen molar-refractivity contribution in [1.82, 2.24) is 19.7 Å². The Labute approximate surface area is 184 Å². The van der Waals surface area contributed by atoms with Crippen molar-refractivity contribution in [1.29, 1.82) is 0 Å². The number of thioether (sulfide) groups is 1. The maximum absolute atomic E-state index is 12.9. The third-order valence-electron chi connectivity index (χ3n) is 5.28. The largest absolute Gasteiger partial charge is 0.361 e. The number of nitrogens with zero attached hydrogens (tertiary/aromatic N) is 2. The Kier molecular flexibility index (Phi) is 5.46. The molecule has 3 heterocycles. The maximum atomic E-state index is 12.9. The van der Waals surface area contributed by atoms with Crippen LogP contribution in [0.2, 0.25) is 0 Å². The van der Waals surface area contributed by atoms with Crippen LogP contribution in [0.1, 0.15) is 21.6 Å². The van der Waals surface area contributed by atoms with Gasteiger partial charge in [0, 0.05) is 46.7 Å². The molecule has 5 rings (SSSR count). The van der Waals surface area contributed by atoms with Gasteiger partial charge in [-0.2, -0.15) is 0 Å². The van der Waals surface area contributed by atoms with Crippen LogP contribution >= 0.6 is 11.8 Å². The van der Waals surface area contributed by atoms with Crippen LogP contribution in [0.25, 0.3) is 16.6 Å². The predicted molar refractivity (Wildman–Crippen MR) is 126 cm³/mol. The Bertz CT molecular complexity index is 1320. The van der Waals surface area contributed by atoms with Crippen molar-refractivity contribution in [3.8, 4) is 0 Å². The van der Waals surface area contributed by atoms with Gasteiger partial charge in [-0.15, -0.1) is 11.8 Å². The SMILES string of the molecule is O=C(NCCc1c[nH]c2ccccc12)c1ccccc1SCc1cn2ccccc2n1. The monoisotopic (exact) mass is 426 g/mol. The fourth-order valence-electron chi connectivity index (χ4n) is 3.73. The third kappa shape index (κ3) is 4.20. The van der Waals surface area contributed by atoms with Gasteiger partial charge >= 0.3 is 0 Å². The number of fused-ring (bicyclic) bond motifs is 2. The van der Waals surface area contributed by atoms with Crippen LogP contribution in [0, 0.1) is 0 Å². The van der Waals surface area contributed by atoms with Gasteiger partial charge in [0.05, 0.1) is 11.3 Å². The summed E-state index contributed by atoms with van der Waals surface area (Å²) in [5, 5.41) is 4.28. The van der Waals surface area contributed by atoms with E-state index < -0.39 is 0 Å². The number of hydrogen-bond donors (Lipinski definition) is 2. The molecule has 6 heteroatoms. The van der Waals surface area contributed by atoms with Crippen LogP contribution in [-0.2, 0) is 12.2 Å². The first-order valence-electron chi connectivity index (χ1n) is 10.3. The third-order valence-corrected chi connectivity index (χ3v) is 6.38. The second-order valence-corrected chi connectivity index (χ2v) is 8.37. The lowest BCUT2D eigenvalue weighted by Gasteiger charge is -2.09. The molecule has 3 aromatic heterocycles. The number of para-hydroxylation sites is 1. The Hall–Kier alpha value is -3.51. The van der Waals surface area contributed by atoms with Gasteiger partial charge in [-0.3, -0.25) is 4.79 Å². The molecule has 0 saturated carbocycles. The molecule has 154 valence electrons. The van der Waals surface area contributed by atoms with E-state index in [0.717, 1.165) is 28.2 Å². The first kappa shape index (κ1) is 19.5. The molecule has 0 radical (unpaired) electrons. The lowest BCUT2D eigenvalue weighted by Crippen LogP contribution is -2.26. The molecule has 0 fully saturated rings. The van der Waals surface area contributed by atoms with Gasteiger partial charge in [0.2, 0.25) is 0 Å². The van der Waals surface area contributed by atoms with E-state index in [2.05, 4.69) is 27.4 Å². The zero-order valence-electron chi connectivity index (χ0n) is 16.9. The number of aromatic nitrogens is 3. The normalized spacial score (nSPS) is 11.2. The van der Waals surface area contributed by atoms with E-state index in [4.69, 9.17) is 0 Å². The molecule has 0 atom stereocenters. The van der Waals surface area contributed by atoms with Gasteiger partial charge in [-0.05, 0) is 42.3 Å². The minimum atomic E-state index is -0.0436. The van der Waals surface area contributed by atoms with Crippen molar-refractivity contribution in [2.24, 2.45) is 0 Å². The molecule has 31 heavy (non-hydrogen) atoms. The molecule has 0 spiro atoms. The minimum Gasteiger partial charge on any atom is -0.361 e. The Morgan fingerprint density at radius 2 is 1.87 bits per heavy atom. The van der Waals surface area contributed by atoms with Gasteiger partial charge in [0.25, 0.3) is 5.91 Å². The van der Waals surface area contributed by atoms with E-state index in [1.54, 1.807) is 11.8 Å². The zero-order chi connectivity index (χ0) is 21.0. The Balaban J connectivity index is 1.23. The molecular weight excluding hydrogens is 404 g/mol. The molecule has 5 aromatic rings. The first-order chi connectivity index (χ1) is 15.3. The van der Waals surface area contributed by atoms with Crippen molar-refractivity contribution >= 4 is 34.2 Å². The highest BCUT2D eigenvalue weighted by Crippen LogP contribution is 2.26. The quantitative estimate of drug-likeness (QED) is 0.357. The fourth-order valence-corrected chi connectivity index (χ4v) is 4.67. The number of pyridine rings is 1. The molecule has 2 aromatic carbocycles. The Morgan fingerprint density at radius 3 is 2.81 bits per heavy atom. The van der Waals surface area contributed by atoms with Gasteiger partial charge in [-0.25, -0.2) is 4.98 Å². The number of hydrogen-bond acceptors (Lipinski definition) is 3. The van der Waals surface area contributed by atoms with Crippen molar-refractivity contribution < 1.29 is 4.79 Å². The van der Waals surface area contributed by atoms with E-state index in [1.807, 2.05) is 77.6 Å². The van der Waals surface area contributed by atoms with Crippen molar-refractivity contribution in [2.75, 3.05) is 6.54 Å². The van der Waals surface area contributed by atoms with Crippen molar-refractivity contribution in [2.45, 2.75) is 17.1 Å². The number of rotatable bonds is 7. The molecule has 1 amide bonds. The summed E-state index contributed by atoms with van der Waals surface area (Å²) in [4.78, 5) is 21.7. The molecule has 2 N–H and O–H groups in total. The summed E-state index contributed by atoms with van der Waals surface area (Å²) in [6.07, 6.45) is 6.83. The van der Waals surface area contributed by atoms with E-state index in [9.17, 15) is 4.79 Å². The Morgan fingerprint density at radius 1 is 1.03 bits per heavy atom. The van der Waals surface area contributed by atoms with E-state index in [-0.39, 0.29) is 5.91 Å². The summed E-state index contributed by atoms with van der Waals surface area (Å²) in [6.45, 7) is 0.589. The minimum absolute atomic E-state index is 0.0436. The number of H-pyrrole nitrogens is 1. The molecule has 0 aliphatic heterocycles. The molecular formula is C25H22N4OS. The van der Waals surface area contributed by atoms with E-state index >= 15 is 0 Å². The van der Waals surface area contributed by atoms with Gasteiger partial charge in [-0.1, -0.05) is 36.4 Å². The molecule has 0 aliphatic carbocycles. The lowest BCUT2D eigenvalue weighted by molar-refractivity contribution is 0.0951. The highest BCUT2D eigenvalue weighted by molar-refractivity contribution is 7.98. The average molecular weight is 427 g/mol. The number of amides is 1. The van der Waals surface area contributed by atoms with Crippen LogP contribution < -0.4 is 5.32 Å². The number of carbonyl (C=O) groups excluding carboxylic acids is 1. The number of carbonyl (C=O) groups is 1. The number of imidazole rings is 1. The van der Waals surface area contributed by atoms with Crippen LogP contribution in [0.15, 0.2) is 90.2 Å². The standard InChI is InChI=1S/C25H22N4OS/c30-25(26-13-12-18-15-27-22-9-3-1-7-20(18)22)21-8-2-4-10-23(21)31-17-19-16-29-14-6-5-11-24(29)28-19/h1-11,14-16,27H,12-13,17H2,(H,26,30). The topological polar surface area (TPSA) is 62.2 Å². The molecule has 5 nitrogen and oxygen atoms in total. The fraction of sp³-hybridized carbons (Fsp3) is 0.120. The molecule has 0 unspecified atom stereocenters. The summed E-state index contributed by atoms with van der Waals surface area (Å²) in [5.41, 5.74) is 4.96. The van der Waals surface area contributed by atoms with Gasteiger partial charge in [0.1, 0.15) is 5.65 Å². The summed E-state index contributed by atoms with van der Waals surface area (Å²) in [6, 6.07) is 21.9. The number of benzene rings is 2. The van der Waals surface area contributed by atoms with Gasteiger partial charge in [0.15, 0.2) is 0 Å². The van der Waals surface area contributed by atoms with Gasteiger partial charge < -0.3 is 14.7 Å². The highest BCUT2D eigenvalue weighted by Gasteiger charge is 2.12. The number of nitrogens with one attached hydrogen (secondary N) is 2. The van der Waals surface area contributed by atoms with E-state index in [0.29, 0.717) is 17.9 Å². The molecule has 0 aliphatic rings. The van der Waals surface area contributed by atoms with Crippen LogP contribution in [0.5, 0.6) is 0 Å². The predicted octanol–water partition coefficient (Wildman–Crippen LogP) is 5.08. The second kappa shape index (κ2) is 8.70. The van der Waals surface area contributed by atoms with Crippen LogP contribution in [0.3, 0.4) is 0 Å². The molecule has 0 bridgehead atoms. The summed E-state index contributed by atoms with van der Waals surface area (Å²) >= 11 is 1.64. The van der Waals surface area contributed by atoms with Crippen LogP contribution in [0.4, 0.5) is 0 Å². The van der Waals surface area contributed by atoms with E-state index in [1.165, 1.54) is 10.9 Å². The van der Waals surface area contributed by atoms with Crippen LogP contribution in [-0.4, -0.2) is 26.8 Å². The summed E-state index contributed by atoms with van der Waals surface area (Å²) in [7, 11) is 0.